The first kappa shape index (κ1) is 13.0. The lowest BCUT2D eigenvalue weighted by Crippen LogP contribution is -2.40. The Bertz CT molecular complexity index is 289. The summed E-state index contributed by atoms with van der Waals surface area (Å²) in [7, 11) is 1.95. The third-order valence-electron chi connectivity index (χ3n) is 3.11. The lowest BCUT2D eigenvalue weighted by Gasteiger charge is -2.29. The van der Waals surface area contributed by atoms with Gasteiger partial charge in [-0.3, -0.25) is 0 Å². The molecule has 16 heavy (non-hydrogen) atoms. The van der Waals surface area contributed by atoms with Gasteiger partial charge >= 0.3 is 11.7 Å². The van der Waals surface area contributed by atoms with Gasteiger partial charge in [-0.2, -0.15) is 9.37 Å². The number of carbonyl (C=O) groups is 1. The van der Waals surface area contributed by atoms with Crippen LogP contribution in [0, 0.1) is 6.42 Å². The summed E-state index contributed by atoms with van der Waals surface area (Å²) in [6, 6.07) is 0.370. The van der Waals surface area contributed by atoms with Crippen LogP contribution in [-0.4, -0.2) is 46.7 Å². The number of rotatable bonds is 3. The molecule has 1 heterocycles. The summed E-state index contributed by atoms with van der Waals surface area (Å²) in [6.45, 7) is 5.96. The van der Waals surface area contributed by atoms with Crippen LogP contribution in [0.15, 0.2) is 0 Å². The number of hydrogen-bond donors (Lipinski definition) is 1. The number of carboxylic acid groups (broad SMARTS) is 1. The number of carboxylic acids is 1. The van der Waals surface area contributed by atoms with Crippen molar-refractivity contribution in [2.75, 3.05) is 7.05 Å². The van der Waals surface area contributed by atoms with E-state index in [2.05, 4.69) is 13.8 Å². The summed E-state index contributed by atoms with van der Waals surface area (Å²) in [5.74, 6) is -0.891. The van der Waals surface area contributed by atoms with Crippen molar-refractivity contribution in [1.29, 1.82) is 0 Å². The maximum atomic E-state index is 10.6. The molecule has 4 heteroatoms. The van der Waals surface area contributed by atoms with Crippen LogP contribution < -0.4 is 0 Å². The summed E-state index contributed by atoms with van der Waals surface area (Å²) >= 11 is 0. The molecular weight excluding hydrogens is 206 g/mol. The van der Waals surface area contributed by atoms with E-state index < -0.39 is 5.97 Å². The smallest absolute Gasteiger partial charge is 0.445 e. The molecule has 2 atom stereocenters. The Balaban J connectivity index is 2.71. The first-order chi connectivity index (χ1) is 7.40. The third kappa shape index (κ3) is 3.52. The Morgan fingerprint density at radius 2 is 1.88 bits per heavy atom. The molecule has 0 amide bonds. The van der Waals surface area contributed by atoms with Crippen LogP contribution in [0.2, 0.25) is 0 Å². The predicted molar refractivity (Wildman–Crippen MR) is 61.8 cm³/mol. The normalized spacial score (nSPS) is 31.9. The largest absolute Gasteiger partial charge is 0.506 e. The van der Waals surface area contributed by atoms with Crippen molar-refractivity contribution < 1.29 is 19.2 Å². The summed E-state index contributed by atoms with van der Waals surface area (Å²) in [6.07, 6.45) is 3.64. The molecule has 0 saturated carbocycles. The number of hydrogen-bond acceptors (Lipinski definition) is 2. The molecule has 0 aliphatic carbocycles. The summed E-state index contributed by atoms with van der Waals surface area (Å²) in [4.78, 5) is 10.6. The van der Waals surface area contributed by atoms with Crippen LogP contribution in [0.1, 0.15) is 33.6 Å². The first-order valence-electron chi connectivity index (χ1n) is 5.69. The van der Waals surface area contributed by atoms with E-state index >= 15 is 0 Å². The lowest BCUT2D eigenvalue weighted by molar-refractivity contribution is -0.548. The molecule has 1 rings (SSSR count). The highest BCUT2D eigenvalue weighted by Gasteiger charge is 2.34. The van der Waals surface area contributed by atoms with Crippen molar-refractivity contribution in [3.8, 4) is 0 Å². The third-order valence-corrected chi connectivity index (χ3v) is 3.11. The van der Waals surface area contributed by atoms with E-state index in [1.165, 1.54) is 6.42 Å². The average molecular weight is 227 g/mol. The molecule has 4 nitrogen and oxygen atoms in total. The van der Waals surface area contributed by atoms with Crippen LogP contribution in [0.3, 0.4) is 0 Å². The molecule has 0 aromatic carbocycles. The summed E-state index contributed by atoms with van der Waals surface area (Å²) in [5, 5.41) is 8.71. The molecule has 1 N–H and O–H groups in total. The highest BCUT2D eigenvalue weighted by molar-refractivity contribution is 6.05. The van der Waals surface area contributed by atoms with Crippen LogP contribution in [-0.2, 0) is 9.53 Å². The van der Waals surface area contributed by atoms with E-state index in [0.717, 1.165) is 18.6 Å². The zero-order valence-corrected chi connectivity index (χ0v) is 10.4. The fourth-order valence-corrected chi connectivity index (χ4v) is 2.25. The van der Waals surface area contributed by atoms with Gasteiger partial charge in [0.15, 0.2) is 6.04 Å². The van der Waals surface area contributed by atoms with Crippen molar-refractivity contribution >= 4 is 11.7 Å². The molecule has 90 valence electrons. The molecule has 0 aromatic rings. The Morgan fingerprint density at radius 3 is 2.31 bits per heavy atom. The minimum Gasteiger partial charge on any atom is -0.445 e. The van der Waals surface area contributed by atoms with Gasteiger partial charge in [-0.15, -0.1) is 0 Å². The molecule has 0 radical (unpaired) electrons. The van der Waals surface area contributed by atoms with Gasteiger partial charge in [-0.05, 0) is 13.8 Å². The van der Waals surface area contributed by atoms with Crippen LogP contribution in [0.5, 0.6) is 0 Å². The van der Waals surface area contributed by atoms with E-state index in [0.29, 0.717) is 6.04 Å². The molecule has 0 aromatic heterocycles. The second-order valence-corrected chi connectivity index (χ2v) is 4.62. The highest BCUT2D eigenvalue weighted by Crippen LogP contribution is 2.21. The molecule has 0 spiro atoms. The molecular formula is C12H21NO3+2. The van der Waals surface area contributed by atoms with E-state index in [-0.39, 0.29) is 12.2 Å². The van der Waals surface area contributed by atoms with E-state index in [1.54, 1.807) is 0 Å². The van der Waals surface area contributed by atoms with Gasteiger partial charge in [0.2, 0.25) is 0 Å². The number of aliphatic carboxylic acids is 1. The maximum Gasteiger partial charge on any atom is 0.506 e. The molecule has 0 bridgehead atoms. The van der Waals surface area contributed by atoms with Crippen LogP contribution in [0.25, 0.3) is 0 Å². The zero-order chi connectivity index (χ0) is 12.3. The van der Waals surface area contributed by atoms with E-state index in [4.69, 9.17) is 9.84 Å². The molecule has 1 saturated heterocycles. The fraction of sp³-hybridized carbons (Fsp3) is 0.750. The zero-order valence-electron chi connectivity index (χ0n) is 10.4. The van der Waals surface area contributed by atoms with Gasteiger partial charge < -0.3 is 9.84 Å². The van der Waals surface area contributed by atoms with Gasteiger partial charge in [0.25, 0.3) is 6.42 Å². The molecule has 2 unspecified atom stereocenters. The SMILES string of the molecule is CC([CH+]C(=O)O)=[N+](C)C1CC(C)OC(C)C1. The predicted octanol–water partition coefficient (Wildman–Crippen LogP) is 1.33. The van der Waals surface area contributed by atoms with Gasteiger partial charge in [0.1, 0.15) is 7.05 Å². The number of nitrogens with zero attached hydrogens (tertiary/aromatic N) is 1. The fourth-order valence-electron chi connectivity index (χ4n) is 2.25. The van der Waals surface area contributed by atoms with E-state index in [1.807, 2.05) is 18.5 Å². The lowest BCUT2D eigenvalue weighted by atomic mass is 9.99. The second kappa shape index (κ2) is 5.34. The summed E-state index contributed by atoms with van der Waals surface area (Å²) in [5.41, 5.74) is 0.791. The maximum absolute atomic E-state index is 10.6. The Labute approximate surface area is 96.9 Å². The summed E-state index contributed by atoms with van der Waals surface area (Å²) < 4.78 is 7.71. The van der Waals surface area contributed by atoms with Crippen LogP contribution in [0.4, 0.5) is 0 Å². The Kier molecular flexibility index (Phi) is 4.35. The quantitative estimate of drug-likeness (QED) is 0.449. The highest BCUT2D eigenvalue weighted by atomic mass is 16.5. The Hall–Kier alpha value is -1.03. The van der Waals surface area contributed by atoms with Crippen molar-refractivity contribution in [3.05, 3.63) is 6.42 Å². The minimum atomic E-state index is -0.891. The molecule has 1 fully saturated rings. The van der Waals surface area contributed by atoms with Crippen LogP contribution >= 0.6 is 0 Å². The van der Waals surface area contributed by atoms with Gasteiger partial charge in [-0.1, -0.05) is 0 Å². The van der Waals surface area contributed by atoms with Crippen molar-refractivity contribution in [3.63, 3.8) is 0 Å². The van der Waals surface area contributed by atoms with E-state index in [9.17, 15) is 4.79 Å². The number of ether oxygens (including phenoxy) is 1. The monoisotopic (exact) mass is 227 g/mol. The van der Waals surface area contributed by atoms with Crippen molar-refractivity contribution in [1.82, 2.24) is 0 Å². The van der Waals surface area contributed by atoms with Crippen molar-refractivity contribution in [2.45, 2.75) is 51.9 Å². The topological polar surface area (TPSA) is 49.5 Å². The standard InChI is InChI=1S/C12H20NO3/c1-8(5-12(14)15)13(4)11-6-9(2)16-10(3)7-11/h5,9-11H,6-7H2,1-4H3/q+1/p+1. The van der Waals surface area contributed by atoms with Crippen molar-refractivity contribution in [2.24, 2.45) is 0 Å². The van der Waals surface area contributed by atoms with Gasteiger partial charge in [0.05, 0.1) is 19.1 Å². The van der Waals surface area contributed by atoms with Gasteiger partial charge in [-0.25, -0.2) is 0 Å². The second-order valence-electron chi connectivity index (χ2n) is 4.62. The first-order valence-corrected chi connectivity index (χ1v) is 5.69. The Morgan fingerprint density at radius 1 is 1.38 bits per heavy atom. The molecule has 1 aliphatic heterocycles. The average Bonchev–Trinajstić information content (AvgIpc) is 2.13. The van der Waals surface area contributed by atoms with Gasteiger partial charge in [0, 0.05) is 12.8 Å². The molecule has 1 aliphatic rings. The minimum absolute atomic E-state index is 0.244.